The summed E-state index contributed by atoms with van der Waals surface area (Å²) in [5, 5.41) is 3.04. The zero-order valence-electron chi connectivity index (χ0n) is 9.20. The molecule has 0 spiro atoms. The number of halogens is 1. The Labute approximate surface area is 103 Å². The summed E-state index contributed by atoms with van der Waals surface area (Å²) in [6.07, 6.45) is 3.03. The molecular formula is C11H11ClN4O. The third-order valence-corrected chi connectivity index (χ3v) is 2.69. The summed E-state index contributed by atoms with van der Waals surface area (Å²) in [6, 6.07) is 3.84. The molecule has 0 atom stereocenters. The normalized spacial score (nSPS) is 10.2. The van der Waals surface area contributed by atoms with E-state index >= 15 is 0 Å². The molecule has 0 aliphatic carbocycles. The maximum absolute atomic E-state index is 11.2. The maximum atomic E-state index is 11.2. The molecule has 2 aromatic rings. The fourth-order valence-electron chi connectivity index (χ4n) is 1.38. The van der Waals surface area contributed by atoms with Crippen LogP contribution in [-0.4, -0.2) is 15.0 Å². The van der Waals surface area contributed by atoms with Crippen LogP contribution in [0.2, 0.25) is 5.02 Å². The van der Waals surface area contributed by atoms with Crippen LogP contribution < -0.4 is 10.9 Å². The van der Waals surface area contributed by atoms with Crippen LogP contribution in [0.3, 0.4) is 0 Å². The summed E-state index contributed by atoms with van der Waals surface area (Å²) < 4.78 is 0. The predicted octanol–water partition coefficient (Wildman–Crippen LogP) is 1.74. The molecule has 0 aromatic carbocycles. The lowest BCUT2D eigenvalue weighted by Crippen LogP contribution is -2.12. The monoisotopic (exact) mass is 250 g/mol. The van der Waals surface area contributed by atoms with Crippen molar-refractivity contribution in [1.82, 2.24) is 15.0 Å². The van der Waals surface area contributed by atoms with E-state index in [1.54, 1.807) is 6.20 Å². The molecular weight excluding hydrogens is 240 g/mol. The average molecular weight is 251 g/mol. The van der Waals surface area contributed by atoms with Crippen LogP contribution in [0, 0.1) is 6.92 Å². The summed E-state index contributed by atoms with van der Waals surface area (Å²) >= 11 is 5.81. The highest BCUT2D eigenvalue weighted by molar-refractivity contribution is 6.32. The van der Waals surface area contributed by atoms with Gasteiger partial charge in [0, 0.05) is 6.20 Å². The molecule has 17 heavy (non-hydrogen) atoms. The second kappa shape index (κ2) is 4.97. The van der Waals surface area contributed by atoms with Gasteiger partial charge in [0.2, 0.25) is 0 Å². The van der Waals surface area contributed by atoms with Gasteiger partial charge < -0.3 is 10.3 Å². The molecule has 0 amide bonds. The molecule has 0 radical (unpaired) electrons. The molecule has 2 N–H and O–H groups in total. The summed E-state index contributed by atoms with van der Waals surface area (Å²) in [6.45, 7) is 2.44. The molecule has 0 bridgehead atoms. The number of nitrogens with zero attached hydrogens (tertiary/aromatic N) is 2. The average Bonchev–Trinajstić information content (AvgIpc) is 2.33. The minimum atomic E-state index is -0.359. The van der Waals surface area contributed by atoms with Crippen molar-refractivity contribution in [2.45, 2.75) is 13.5 Å². The van der Waals surface area contributed by atoms with Crippen molar-refractivity contribution in [3.63, 3.8) is 0 Å². The number of hydrogen-bond acceptors (Lipinski definition) is 4. The minimum absolute atomic E-state index is 0.0566. The number of rotatable bonds is 3. The largest absolute Gasteiger partial charge is 0.363 e. The quantitative estimate of drug-likeness (QED) is 0.871. The second-order valence-electron chi connectivity index (χ2n) is 3.51. The Morgan fingerprint density at radius 2 is 2.29 bits per heavy atom. The summed E-state index contributed by atoms with van der Waals surface area (Å²) in [4.78, 5) is 21.8. The van der Waals surface area contributed by atoms with Gasteiger partial charge in [-0.1, -0.05) is 17.7 Å². The van der Waals surface area contributed by atoms with Gasteiger partial charge in [-0.3, -0.25) is 9.78 Å². The number of aromatic amines is 1. The molecule has 0 saturated heterocycles. The lowest BCUT2D eigenvalue weighted by Gasteiger charge is -2.07. The van der Waals surface area contributed by atoms with Crippen molar-refractivity contribution in [2.75, 3.05) is 5.32 Å². The van der Waals surface area contributed by atoms with Crippen LogP contribution in [0.25, 0.3) is 0 Å². The molecule has 88 valence electrons. The van der Waals surface area contributed by atoms with Crippen molar-refractivity contribution < 1.29 is 0 Å². The number of hydrogen-bond donors (Lipinski definition) is 2. The first kappa shape index (κ1) is 11.6. The molecule has 2 rings (SSSR count). The summed E-state index contributed by atoms with van der Waals surface area (Å²) in [5.74, 6) is 0.362. The zero-order chi connectivity index (χ0) is 12.3. The van der Waals surface area contributed by atoms with Crippen molar-refractivity contribution in [2.24, 2.45) is 0 Å². The molecule has 0 fully saturated rings. The molecule has 0 aliphatic rings. The second-order valence-corrected chi connectivity index (χ2v) is 3.89. The Morgan fingerprint density at radius 1 is 1.47 bits per heavy atom. The lowest BCUT2D eigenvalue weighted by molar-refractivity contribution is 0.994. The van der Waals surface area contributed by atoms with Crippen LogP contribution in [0.1, 0.15) is 11.3 Å². The highest BCUT2D eigenvalue weighted by Crippen LogP contribution is 2.13. The van der Waals surface area contributed by atoms with E-state index < -0.39 is 0 Å². The molecule has 0 saturated carbocycles. The van der Waals surface area contributed by atoms with E-state index in [0.29, 0.717) is 12.4 Å². The van der Waals surface area contributed by atoms with Crippen molar-refractivity contribution in [3.8, 4) is 0 Å². The minimum Gasteiger partial charge on any atom is -0.363 e. The Kier molecular flexibility index (Phi) is 3.39. The number of H-pyrrole nitrogens is 1. The van der Waals surface area contributed by atoms with Crippen molar-refractivity contribution in [1.29, 1.82) is 0 Å². The van der Waals surface area contributed by atoms with Gasteiger partial charge in [-0.25, -0.2) is 4.98 Å². The molecule has 2 heterocycles. The van der Waals surface area contributed by atoms with Gasteiger partial charge in [-0.2, -0.15) is 0 Å². The first-order valence-electron chi connectivity index (χ1n) is 5.06. The van der Waals surface area contributed by atoms with E-state index in [1.807, 2.05) is 19.1 Å². The Morgan fingerprint density at radius 3 is 3.06 bits per heavy atom. The van der Waals surface area contributed by atoms with Crippen LogP contribution in [0.15, 0.2) is 29.5 Å². The Balaban J connectivity index is 2.16. The number of anilines is 1. The number of pyridine rings is 1. The standard InChI is InChI=1S/C11H11ClN4O/c1-7-3-2-4-13-8(7)5-14-10-9(12)11(17)16-6-15-10/h2-4,6H,5H2,1H3,(H2,14,15,16,17). The van der Waals surface area contributed by atoms with E-state index in [4.69, 9.17) is 11.6 Å². The topological polar surface area (TPSA) is 70.7 Å². The van der Waals surface area contributed by atoms with Crippen molar-refractivity contribution >= 4 is 17.4 Å². The number of aryl methyl sites for hydroxylation is 1. The molecule has 2 aromatic heterocycles. The van der Waals surface area contributed by atoms with Gasteiger partial charge in [-0.05, 0) is 18.6 Å². The van der Waals surface area contributed by atoms with E-state index in [1.165, 1.54) is 6.33 Å². The van der Waals surface area contributed by atoms with Gasteiger partial charge in [0.05, 0.1) is 18.6 Å². The Bertz CT molecular complexity index is 582. The number of aromatic nitrogens is 3. The lowest BCUT2D eigenvalue weighted by atomic mass is 10.2. The summed E-state index contributed by atoms with van der Waals surface area (Å²) in [5.41, 5.74) is 1.61. The van der Waals surface area contributed by atoms with Gasteiger partial charge in [0.1, 0.15) is 5.02 Å². The number of nitrogens with one attached hydrogen (secondary N) is 2. The smallest absolute Gasteiger partial charge is 0.271 e. The molecule has 6 heteroatoms. The van der Waals surface area contributed by atoms with E-state index in [2.05, 4.69) is 20.3 Å². The van der Waals surface area contributed by atoms with Gasteiger partial charge in [-0.15, -0.1) is 0 Å². The Hall–Kier alpha value is -1.88. The van der Waals surface area contributed by atoms with Crippen LogP contribution >= 0.6 is 11.6 Å². The van der Waals surface area contributed by atoms with E-state index in [0.717, 1.165) is 11.3 Å². The van der Waals surface area contributed by atoms with Crippen LogP contribution in [-0.2, 0) is 6.54 Å². The first-order valence-corrected chi connectivity index (χ1v) is 5.44. The van der Waals surface area contributed by atoms with Gasteiger partial charge in [0.25, 0.3) is 5.56 Å². The van der Waals surface area contributed by atoms with Crippen molar-refractivity contribution in [3.05, 3.63) is 51.3 Å². The van der Waals surface area contributed by atoms with E-state index in [-0.39, 0.29) is 10.6 Å². The fraction of sp³-hybridized carbons (Fsp3) is 0.182. The fourth-order valence-corrected chi connectivity index (χ4v) is 1.55. The predicted molar refractivity (Wildman–Crippen MR) is 66.2 cm³/mol. The maximum Gasteiger partial charge on any atom is 0.271 e. The zero-order valence-corrected chi connectivity index (χ0v) is 9.95. The third-order valence-electron chi connectivity index (χ3n) is 2.34. The third kappa shape index (κ3) is 2.62. The highest BCUT2D eigenvalue weighted by Gasteiger charge is 2.06. The molecule has 0 aliphatic heterocycles. The van der Waals surface area contributed by atoms with Crippen LogP contribution in [0.4, 0.5) is 5.82 Å². The van der Waals surface area contributed by atoms with E-state index in [9.17, 15) is 4.79 Å². The molecule has 5 nitrogen and oxygen atoms in total. The molecule has 0 unspecified atom stereocenters. The van der Waals surface area contributed by atoms with Gasteiger partial charge in [0.15, 0.2) is 5.82 Å². The SMILES string of the molecule is Cc1cccnc1CNc1nc[nH]c(=O)c1Cl. The first-order chi connectivity index (χ1) is 8.18. The van der Waals surface area contributed by atoms with Gasteiger partial charge >= 0.3 is 0 Å². The summed E-state index contributed by atoms with van der Waals surface area (Å²) in [7, 11) is 0. The van der Waals surface area contributed by atoms with Crippen LogP contribution in [0.5, 0.6) is 0 Å². The highest BCUT2D eigenvalue weighted by atomic mass is 35.5.